The van der Waals surface area contributed by atoms with Crippen LogP contribution in [-0.4, -0.2) is 43.1 Å². The smallest absolute Gasteiger partial charge is 0.416 e. The van der Waals surface area contributed by atoms with Gasteiger partial charge in [0.1, 0.15) is 5.75 Å². The number of halogens is 3. The van der Waals surface area contributed by atoms with Gasteiger partial charge in [-0.2, -0.15) is 13.2 Å². The number of nitrogens with zero attached hydrogens (tertiary/aromatic N) is 1. The highest BCUT2D eigenvalue weighted by molar-refractivity contribution is 5.97. The number of hydrogen-bond donors (Lipinski definition) is 1. The number of rotatable bonds is 4. The molecule has 144 valence electrons. The predicted octanol–water partition coefficient (Wildman–Crippen LogP) is 3.77. The zero-order chi connectivity index (χ0) is 18.9. The largest absolute Gasteiger partial charge is 0.496 e. The molecule has 2 fully saturated rings. The topological polar surface area (TPSA) is 41.6 Å². The Morgan fingerprint density at radius 3 is 2.50 bits per heavy atom. The molecular weight excluding hydrogens is 345 g/mol. The molecule has 4 nitrogen and oxygen atoms in total. The number of likely N-dealkylation sites (tertiary alicyclic amines) is 1. The molecule has 0 spiro atoms. The van der Waals surface area contributed by atoms with Gasteiger partial charge in [0.25, 0.3) is 5.91 Å². The number of carbonyl (C=O) groups excluding carboxylic acids is 1. The third-order valence-electron chi connectivity index (χ3n) is 5.57. The molecule has 1 aromatic rings. The molecule has 1 aliphatic carbocycles. The summed E-state index contributed by atoms with van der Waals surface area (Å²) < 4.78 is 44.4. The lowest BCUT2D eigenvalue weighted by Crippen LogP contribution is -2.47. The van der Waals surface area contributed by atoms with E-state index in [-0.39, 0.29) is 28.8 Å². The summed E-state index contributed by atoms with van der Waals surface area (Å²) in [6.07, 6.45) is 0.892. The van der Waals surface area contributed by atoms with E-state index in [4.69, 9.17) is 4.74 Å². The van der Waals surface area contributed by atoms with E-state index in [1.54, 1.807) is 0 Å². The lowest BCUT2D eigenvalue weighted by atomic mass is 10.0. The number of alkyl halides is 3. The first-order valence-corrected chi connectivity index (χ1v) is 9.12. The maximum atomic E-state index is 13.1. The van der Waals surface area contributed by atoms with Crippen molar-refractivity contribution in [1.82, 2.24) is 10.2 Å². The fraction of sp³-hybridized carbons (Fsp3) is 0.632. The average molecular weight is 370 g/mol. The van der Waals surface area contributed by atoms with E-state index < -0.39 is 11.7 Å². The van der Waals surface area contributed by atoms with Gasteiger partial charge in [0.2, 0.25) is 0 Å². The molecule has 1 aliphatic heterocycles. The molecule has 2 atom stereocenters. The number of ether oxygens (including phenoxy) is 1. The second-order valence-electron chi connectivity index (χ2n) is 7.14. The fourth-order valence-corrected chi connectivity index (χ4v) is 4.31. The zero-order valence-electron chi connectivity index (χ0n) is 15.2. The summed E-state index contributed by atoms with van der Waals surface area (Å²) in [6, 6.07) is 2.53. The van der Waals surface area contributed by atoms with Gasteiger partial charge < -0.3 is 10.1 Å². The molecule has 2 aliphatic rings. The van der Waals surface area contributed by atoms with Crippen LogP contribution < -0.4 is 10.1 Å². The van der Waals surface area contributed by atoms with Crippen molar-refractivity contribution < 1.29 is 22.7 Å². The van der Waals surface area contributed by atoms with Crippen molar-refractivity contribution in [2.24, 2.45) is 0 Å². The second kappa shape index (κ2) is 7.47. The van der Waals surface area contributed by atoms with Gasteiger partial charge in [-0.3, -0.25) is 9.69 Å². The van der Waals surface area contributed by atoms with E-state index in [1.165, 1.54) is 32.9 Å². The van der Waals surface area contributed by atoms with Crippen LogP contribution in [0.25, 0.3) is 0 Å². The summed E-state index contributed by atoms with van der Waals surface area (Å²) in [7, 11) is 1.29. The van der Waals surface area contributed by atoms with Crippen molar-refractivity contribution in [2.45, 2.75) is 57.3 Å². The molecule has 26 heavy (non-hydrogen) atoms. The van der Waals surface area contributed by atoms with Gasteiger partial charge in [-0.15, -0.1) is 0 Å². The van der Waals surface area contributed by atoms with Crippen molar-refractivity contribution >= 4 is 5.91 Å². The molecule has 7 heteroatoms. The Morgan fingerprint density at radius 2 is 1.88 bits per heavy atom. The Kier molecular flexibility index (Phi) is 5.46. The Morgan fingerprint density at radius 1 is 1.19 bits per heavy atom. The van der Waals surface area contributed by atoms with Crippen LogP contribution >= 0.6 is 0 Å². The van der Waals surface area contributed by atoms with Gasteiger partial charge in [-0.05, 0) is 64.3 Å². The van der Waals surface area contributed by atoms with Gasteiger partial charge >= 0.3 is 6.18 Å². The lowest BCUT2D eigenvalue weighted by molar-refractivity contribution is -0.138. The van der Waals surface area contributed by atoms with Crippen LogP contribution in [0, 0.1) is 6.92 Å². The normalized spacial score (nSPS) is 24.0. The molecule has 0 bridgehead atoms. The van der Waals surface area contributed by atoms with Crippen LogP contribution in [0.5, 0.6) is 5.75 Å². The molecular formula is C19H25F3N2O2. The first-order valence-electron chi connectivity index (χ1n) is 9.12. The van der Waals surface area contributed by atoms with Crippen LogP contribution in [0.2, 0.25) is 0 Å². The lowest BCUT2D eigenvalue weighted by Gasteiger charge is -2.30. The molecule has 0 unspecified atom stereocenters. The third kappa shape index (κ3) is 3.68. The summed E-state index contributed by atoms with van der Waals surface area (Å²) in [5, 5.41) is 3.04. The standard InChI is InChI=1S/C19H25F3N2O2/c1-12-14(19(20,21)22)9-8-13(17(12)26-2)18(25)23-15-6-5-7-16(15)24-10-3-4-11-24/h8-9,15-16H,3-7,10-11H2,1-2H3,(H,23,25)/t15-,16+/m0/s1. The minimum atomic E-state index is -4.47. The average Bonchev–Trinajstić information content (AvgIpc) is 3.24. The Balaban J connectivity index is 1.80. The monoisotopic (exact) mass is 370 g/mol. The Labute approximate surface area is 151 Å². The molecule has 1 heterocycles. The molecule has 1 amide bonds. The summed E-state index contributed by atoms with van der Waals surface area (Å²) >= 11 is 0. The quantitative estimate of drug-likeness (QED) is 0.877. The zero-order valence-corrected chi connectivity index (χ0v) is 15.2. The van der Waals surface area contributed by atoms with Gasteiger partial charge in [-0.1, -0.05) is 0 Å². The Hall–Kier alpha value is -1.76. The highest BCUT2D eigenvalue weighted by Crippen LogP contribution is 2.37. The minimum Gasteiger partial charge on any atom is -0.496 e. The first kappa shape index (κ1) is 19.0. The van der Waals surface area contributed by atoms with Gasteiger partial charge in [0.05, 0.1) is 18.2 Å². The van der Waals surface area contributed by atoms with E-state index >= 15 is 0 Å². The van der Waals surface area contributed by atoms with Crippen molar-refractivity contribution in [3.8, 4) is 5.75 Å². The van der Waals surface area contributed by atoms with E-state index in [0.29, 0.717) is 6.04 Å². The predicted molar refractivity (Wildman–Crippen MR) is 92.4 cm³/mol. The first-order chi connectivity index (χ1) is 12.3. The molecule has 1 saturated carbocycles. The van der Waals surface area contributed by atoms with Gasteiger partial charge in [-0.25, -0.2) is 0 Å². The molecule has 1 aromatic carbocycles. The van der Waals surface area contributed by atoms with Crippen LogP contribution in [-0.2, 0) is 6.18 Å². The van der Waals surface area contributed by atoms with Crippen molar-refractivity contribution in [1.29, 1.82) is 0 Å². The number of hydrogen-bond acceptors (Lipinski definition) is 3. The van der Waals surface area contributed by atoms with E-state index in [2.05, 4.69) is 10.2 Å². The van der Waals surface area contributed by atoms with Crippen LogP contribution in [0.15, 0.2) is 12.1 Å². The van der Waals surface area contributed by atoms with Gasteiger partial charge in [0, 0.05) is 17.6 Å². The summed E-state index contributed by atoms with van der Waals surface area (Å²) in [6.45, 7) is 3.44. The van der Waals surface area contributed by atoms with Crippen molar-refractivity contribution in [2.75, 3.05) is 20.2 Å². The summed E-state index contributed by atoms with van der Waals surface area (Å²) in [5.41, 5.74) is -0.679. The number of benzene rings is 1. The van der Waals surface area contributed by atoms with E-state index in [0.717, 1.165) is 38.4 Å². The van der Waals surface area contributed by atoms with Gasteiger partial charge in [0.15, 0.2) is 0 Å². The van der Waals surface area contributed by atoms with Crippen molar-refractivity contribution in [3.05, 3.63) is 28.8 Å². The molecule has 1 N–H and O–H groups in total. The number of carbonyl (C=O) groups is 1. The maximum Gasteiger partial charge on any atom is 0.416 e. The van der Waals surface area contributed by atoms with Crippen LogP contribution in [0.1, 0.15) is 53.6 Å². The number of methoxy groups -OCH3 is 1. The van der Waals surface area contributed by atoms with E-state index in [9.17, 15) is 18.0 Å². The van der Waals surface area contributed by atoms with Crippen LogP contribution in [0.3, 0.4) is 0 Å². The molecule has 0 aromatic heterocycles. The molecule has 3 rings (SSSR count). The number of amides is 1. The highest BCUT2D eigenvalue weighted by Gasteiger charge is 2.37. The fourth-order valence-electron chi connectivity index (χ4n) is 4.31. The van der Waals surface area contributed by atoms with Crippen molar-refractivity contribution in [3.63, 3.8) is 0 Å². The molecule has 1 saturated heterocycles. The highest BCUT2D eigenvalue weighted by atomic mass is 19.4. The minimum absolute atomic E-state index is 0.00644. The Bertz CT molecular complexity index is 669. The number of nitrogens with one attached hydrogen (secondary N) is 1. The second-order valence-corrected chi connectivity index (χ2v) is 7.14. The molecule has 0 radical (unpaired) electrons. The van der Waals surface area contributed by atoms with E-state index in [1.807, 2.05) is 0 Å². The maximum absolute atomic E-state index is 13.1. The SMILES string of the molecule is COc1c(C(=O)N[C@H]2CCC[C@H]2N2CCCC2)ccc(C(F)(F)F)c1C. The summed E-state index contributed by atoms with van der Waals surface area (Å²) in [4.78, 5) is 15.2. The summed E-state index contributed by atoms with van der Waals surface area (Å²) in [5.74, 6) is -0.372. The third-order valence-corrected chi connectivity index (χ3v) is 5.57. The van der Waals surface area contributed by atoms with Crippen LogP contribution in [0.4, 0.5) is 13.2 Å².